The number of nitrogens with two attached hydrogens (primary N) is 1. The van der Waals surface area contributed by atoms with Gasteiger partial charge in [0, 0.05) is 6.42 Å². The van der Waals surface area contributed by atoms with Crippen molar-refractivity contribution in [3.8, 4) is 0 Å². The van der Waals surface area contributed by atoms with E-state index in [2.05, 4.69) is 10.5 Å². The van der Waals surface area contributed by atoms with Crippen LogP contribution in [0, 0.1) is 0 Å². The van der Waals surface area contributed by atoms with E-state index in [0.717, 1.165) is 12.8 Å². The Balaban J connectivity index is 0. The Morgan fingerprint density at radius 2 is 1.92 bits per heavy atom. The molecule has 0 aliphatic heterocycles. The molecule has 78 valence electrons. The maximum Gasteiger partial charge on any atom is 0.404 e. The molecule has 0 aliphatic carbocycles. The lowest BCUT2D eigenvalue weighted by Gasteiger charge is -1.89. The summed E-state index contributed by atoms with van der Waals surface area (Å²) in [4.78, 5) is 19.4. The number of aliphatic carboxylic acids is 1. The van der Waals surface area contributed by atoms with Gasteiger partial charge in [0.2, 0.25) is 0 Å². The van der Waals surface area contributed by atoms with Gasteiger partial charge >= 0.3 is 12.1 Å². The molecule has 0 heterocycles. The Morgan fingerprint density at radius 3 is 2.00 bits per heavy atom. The molecule has 0 aliphatic rings. The quantitative estimate of drug-likeness (QED) is 0.702. The highest BCUT2D eigenvalue weighted by atomic mass is 16.5. The van der Waals surface area contributed by atoms with E-state index in [-0.39, 0.29) is 0 Å². The highest BCUT2D eigenvalue weighted by Gasteiger charge is 1.90. The van der Waals surface area contributed by atoms with Crippen LogP contribution in [0.4, 0.5) is 4.79 Å². The second-order valence-electron chi connectivity index (χ2n) is 2.25. The summed E-state index contributed by atoms with van der Waals surface area (Å²) in [5.74, 6) is -0.693. The van der Waals surface area contributed by atoms with Crippen molar-refractivity contribution in [1.82, 2.24) is 0 Å². The van der Waals surface area contributed by atoms with Crippen LogP contribution in [0.3, 0.4) is 0 Å². The van der Waals surface area contributed by atoms with Gasteiger partial charge in [-0.2, -0.15) is 0 Å². The molecular weight excluding hydrogens is 174 g/mol. The molecule has 5 heteroatoms. The fraction of sp³-hybridized carbons (Fsp3) is 0.750. The van der Waals surface area contributed by atoms with Gasteiger partial charge in [-0.05, 0) is 13.3 Å². The first-order valence-corrected chi connectivity index (χ1v) is 4.18. The lowest BCUT2D eigenvalue weighted by Crippen LogP contribution is -2.11. The van der Waals surface area contributed by atoms with Crippen LogP contribution in [0.25, 0.3) is 0 Å². The number of carboxylic acids is 1. The summed E-state index contributed by atoms with van der Waals surface area (Å²) in [7, 11) is 0. The maximum atomic E-state index is 9.76. The number of unbranched alkanes of at least 4 members (excludes halogenated alkanes) is 1. The highest BCUT2D eigenvalue weighted by molar-refractivity contribution is 5.66. The predicted molar refractivity (Wildman–Crippen MR) is 48.4 cm³/mol. The maximum absolute atomic E-state index is 9.76. The molecule has 0 bridgehead atoms. The highest BCUT2D eigenvalue weighted by Crippen LogP contribution is 1.91. The summed E-state index contributed by atoms with van der Waals surface area (Å²) in [5.41, 5.74) is 4.54. The van der Waals surface area contributed by atoms with Crippen LogP contribution in [0.15, 0.2) is 0 Å². The Bertz CT molecular complexity index is 147. The average molecular weight is 191 g/mol. The lowest BCUT2D eigenvalue weighted by atomic mass is 10.3. The van der Waals surface area contributed by atoms with Crippen LogP contribution in [-0.4, -0.2) is 23.8 Å². The normalized spacial score (nSPS) is 8.15. The summed E-state index contributed by atoms with van der Waals surface area (Å²) < 4.78 is 4.18. The first kappa shape index (κ1) is 14.3. The zero-order valence-electron chi connectivity index (χ0n) is 8.08. The third-order valence-corrected chi connectivity index (χ3v) is 1.03. The summed E-state index contributed by atoms with van der Waals surface area (Å²) in [6.45, 7) is 4.03. The van der Waals surface area contributed by atoms with Crippen molar-refractivity contribution in [2.75, 3.05) is 6.61 Å². The van der Waals surface area contributed by atoms with E-state index in [0.29, 0.717) is 13.0 Å². The minimum Gasteiger partial charge on any atom is -0.481 e. The second kappa shape index (κ2) is 10.7. The summed E-state index contributed by atoms with van der Waals surface area (Å²) >= 11 is 0. The number of hydrogen-bond donors (Lipinski definition) is 2. The van der Waals surface area contributed by atoms with E-state index in [1.54, 1.807) is 6.92 Å². The van der Waals surface area contributed by atoms with Crippen LogP contribution >= 0.6 is 0 Å². The zero-order valence-corrected chi connectivity index (χ0v) is 8.08. The molecule has 0 saturated carbocycles. The van der Waals surface area contributed by atoms with Gasteiger partial charge in [0.05, 0.1) is 6.61 Å². The number of carbonyl (C=O) groups is 2. The molecular formula is C8H17NO4. The lowest BCUT2D eigenvalue weighted by molar-refractivity contribution is -0.137. The molecule has 0 unspecified atom stereocenters. The Kier molecular flexibility index (Phi) is 11.8. The van der Waals surface area contributed by atoms with E-state index < -0.39 is 12.1 Å². The number of rotatable bonds is 4. The predicted octanol–water partition coefficient (Wildman–Crippen LogP) is 1.36. The third kappa shape index (κ3) is 24.9. The van der Waals surface area contributed by atoms with Crippen LogP contribution in [0.5, 0.6) is 0 Å². The van der Waals surface area contributed by atoms with Gasteiger partial charge in [-0.1, -0.05) is 13.3 Å². The SMILES string of the molecule is CCCCC(=O)O.CCOC(N)=O. The van der Waals surface area contributed by atoms with Gasteiger partial charge in [-0.3, -0.25) is 4.79 Å². The third-order valence-electron chi connectivity index (χ3n) is 1.03. The van der Waals surface area contributed by atoms with E-state index in [1.165, 1.54) is 0 Å². The molecule has 0 rings (SSSR count). The van der Waals surface area contributed by atoms with E-state index in [4.69, 9.17) is 5.11 Å². The van der Waals surface area contributed by atoms with Crippen molar-refractivity contribution in [3.63, 3.8) is 0 Å². The molecule has 0 aromatic heterocycles. The molecule has 3 N–H and O–H groups in total. The van der Waals surface area contributed by atoms with Crippen molar-refractivity contribution in [3.05, 3.63) is 0 Å². The average Bonchev–Trinajstić information content (AvgIpc) is 2.01. The standard InChI is InChI=1S/C5H10O2.C3H7NO2/c1-2-3-4-5(6)7;1-2-6-3(4)5/h2-4H2,1H3,(H,6,7);2H2,1H3,(H2,4,5). The minimum atomic E-state index is -0.711. The van der Waals surface area contributed by atoms with Crippen molar-refractivity contribution in [2.24, 2.45) is 5.73 Å². The van der Waals surface area contributed by atoms with Crippen molar-refractivity contribution in [2.45, 2.75) is 33.1 Å². The topological polar surface area (TPSA) is 89.6 Å². The first-order chi connectivity index (χ1) is 6.04. The number of amides is 1. The van der Waals surface area contributed by atoms with Crippen molar-refractivity contribution >= 4 is 12.1 Å². The molecule has 1 amide bonds. The van der Waals surface area contributed by atoms with Gasteiger partial charge < -0.3 is 15.6 Å². The van der Waals surface area contributed by atoms with Gasteiger partial charge in [0.15, 0.2) is 0 Å². The van der Waals surface area contributed by atoms with Crippen LogP contribution in [0.2, 0.25) is 0 Å². The fourth-order valence-corrected chi connectivity index (χ4v) is 0.470. The van der Waals surface area contributed by atoms with Gasteiger partial charge in [0.1, 0.15) is 0 Å². The second-order valence-corrected chi connectivity index (χ2v) is 2.25. The molecule has 13 heavy (non-hydrogen) atoms. The van der Waals surface area contributed by atoms with Gasteiger partial charge in [0.25, 0.3) is 0 Å². The van der Waals surface area contributed by atoms with Crippen molar-refractivity contribution < 1.29 is 19.4 Å². The van der Waals surface area contributed by atoms with Crippen LogP contribution < -0.4 is 5.73 Å². The molecule has 0 fully saturated rings. The monoisotopic (exact) mass is 191 g/mol. The van der Waals surface area contributed by atoms with E-state index in [9.17, 15) is 9.59 Å². The number of hydrogen-bond acceptors (Lipinski definition) is 3. The molecule has 0 radical (unpaired) electrons. The van der Waals surface area contributed by atoms with Crippen LogP contribution in [0.1, 0.15) is 33.1 Å². The Labute approximate surface area is 77.9 Å². The molecule has 0 aromatic rings. The first-order valence-electron chi connectivity index (χ1n) is 4.18. The Morgan fingerprint density at radius 1 is 1.38 bits per heavy atom. The summed E-state index contributed by atoms with van der Waals surface area (Å²) in [6, 6.07) is 0. The Hall–Kier alpha value is -1.26. The molecule has 0 spiro atoms. The molecule has 0 aromatic carbocycles. The zero-order chi connectivity index (χ0) is 10.7. The van der Waals surface area contributed by atoms with Gasteiger partial charge in [-0.15, -0.1) is 0 Å². The smallest absolute Gasteiger partial charge is 0.404 e. The van der Waals surface area contributed by atoms with Crippen molar-refractivity contribution in [1.29, 1.82) is 0 Å². The fourth-order valence-electron chi connectivity index (χ4n) is 0.470. The molecule has 5 nitrogen and oxygen atoms in total. The summed E-state index contributed by atoms with van der Waals surface area (Å²) in [6.07, 6.45) is 1.37. The van der Waals surface area contributed by atoms with Crippen LogP contribution in [-0.2, 0) is 9.53 Å². The van der Waals surface area contributed by atoms with Gasteiger partial charge in [-0.25, -0.2) is 4.79 Å². The molecule has 0 saturated heterocycles. The number of carboxylic acid groups (broad SMARTS) is 1. The number of ether oxygens (including phenoxy) is 1. The molecule has 0 atom stereocenters. The van der Waals surface area contributed by atoms with E-state index >= 15 is 0 Å². The largest absolute Gasteiger partial charge is 0.481 e. The summed E-state index contributed by atoms with van der Waals surface area (Å²) in [5, 5.41) is 8.04. The number of primary amides is 1. The minimum absolute atomic E-state index is 0.316. The number of carbonyl (C=O) groups excluding carboxylic acids is 1. The van der Waals surface area contributed by atoms with E-state index in [1.807, 2.05) is 6.92 Å².